The largest absolute Gasteiger partial charge is 0.569 e. The summed E-state index contributed by atoms with van der Waals surface area (Å²) in [5.41, 5.74) is 1.62. The SMILES string of the molecule is CCC(O)(CC)C(=O)N[C@H]1Cc2ccc3c(c2)C24c5cc(Cl)cc(c5NC2O3)-c2cccc3c2c(c(Cl)n3CO[P+](O)(O)O)-c2oc(nc2Cl)-c2nc(oc24)C(C(C)C)NC1=O. The van der Waals surface area contributed by atoms with Crippen molar-refractivity contribution in [1.82, 2.24) is 25.2 Å². The number of halogens is 3. The van der Waals surface area contributed by atoms with Gasteiger partial charge in [0.1, 0.15) is 34.0 Å². The zero-order chi connectivity index (χ0) is 43.8. The van der Waals surface area contributed by atoms with E-state index in [2.05, 4.69) is 16.0 Å². The van der Waals surface area contributed by atoms with Gasteiger partial charge in [0, 0.05) is 39.2 Å². The molecular formula is C42H39Cl3N6O10P+. The van der Waals surface area contributed by atoms with E-state index in [0.717, 1.165) is 0 Å². The van der Waals surface area contributed by atoms with Crippen LogP contribution in [0, 0.1) is 5.92 Å². The van der Waals surface area contributed by atoms with Gasteiger partial charge in [-0.3, -0.25) is 9.59 Å². The van der Waals surface area contributed by atoms with Gasteiger partial charge in [0.15, 0.2) is 35.3 Å². The fourth-order valence-corrected chi connectivity index (χ4v) is 10.3. The van der Waals surface area contributed by atoms with Crippen LogP contribution >= 0.6 is 43.0 Å². The van der Waals surface area contributed by atoms with Gasteiger partial charge >= 0.3 is 8.17 Å². The lowest BCUT2D eigenvalue weighted by molar-refractivity contribution is -0.143. The summed E-state index contributed by atoms with van der Waals surface area (Å²) in [5.74, 6) is -0.686. The third kappa shape index (κ3) is 6.03. The lowest BCUT2D eigenvalue weighted by Gasteiger charge is -2.30. The van der Waals surface area contributed by atoms with Crippen LogP contribution in [0.1, 0.15) is 74.9 Å². The first kappa shape index (κ1) is 41.3. The molecule has 10 rings (SSSR count). The van der Waals surface area contributed by atoms with Gasteiger partial charge in [-0.2, -0.15) is 19.7 Å². The van der Waals surface area contributed by atoms with E-state index in [0.29, 0.717) is 55.2 Å². The highest BCUT2D eigenvalue weighted by Crippen LogP contribution is 2.62. The van der Waals surface area contributed by atoms with Crippen LogP contribution < -0.4 is 20.7 Å². The molecule has 0 saturated heterocycles. The number of fused-ring (bicyclic) bond motifs is 7. The van der Waals surface area contributed by atoms with Gasteiger partial charge in [-0.15, -0.1) is 4.52 Å². The number of hydrogen-bond acceptors (Lipinski definition) is 13. The molecule has 3 unspecified atom stereocenters. The predicted octanol–water partition coefficient (Wildman–Crippen LogP) is 7.40. The summed E-state index contributed by atoms with van der Waals surface area (Å²) in [6.07, 6.45) is -0.539. The average Bonchev–Trinajstić information content (AvgIpc) is 4.02. The predicted molar refractivity (Wildman–Crippen MR) is 229 cm³/mol. The molecule has 2 amide bonds. The molecule has 20 heteroatoms. The van der Waals surface area contributed by atoms with Crippen molar-refractivity contribution < 1.29 is 47.5 Å². The van der Waals surface area contributed by atoms with Crippen LogP contribution in [0.15, 0.2) is 57.4 Å². The van der Waals surface area contributed by atoms with E-state index in [4.69, 9.17) is 62.9 Å². The Morgan fingerprint density at radius 3 is 2.55 bits per heavy atom. The number of nitrogens with zero attached hydrogens (tertiary/aromatic N) is 3. The average molecular weight is 925 g/mol. The number of anilines is 1. The van der Waals surface area contributed by atoms with E-state index in [1.54, 1.807) is 38.1 Å². The zero-order valence-corrected chi connectivity index (χ0v) is 36.6. The zero-order valence-electron chi connectivity index (χ0n) is 33.4. The first-order valence-corrected chi connectivity index (χ1v) is 22.6. The van der Waals surface area contributed by atoms with Crippen molar-refractivity contribution in [2.45, 2.75) is 83.0 Å². The molecule has 3 aromatic heterocycles. The molecule has 4 atom stereocenters. The Hall–Kier alpha value is -4.74. The Labute approximate surface area is 368 Å². The molecular weight excluding hydrogens is 886 g/mol. The summed E-state index contributed by atoms with van der Waals surface area (Å²) >= 11 is 21.3. The highest BCUT2D eigenvalue weighted by atomic mass is 35.5. The number of benzene rings is 3. The number of nitrogens with one attached hydrogen (secondary N) is 3. The van der Waals surface area contributed by atoms with E-state index < -0.39 is 56.0 Å². The van der Waals surface area contributed by atoms with Crippen LogP contribution in [-0.2, 0) is 32.7 Å². The van der Waals surface area contributed by atoms with Gasteiger partial charge in [-0.25, -0.2) is 4.98 Å². The number of amides is 2. The standard InChI is InChI=1S/C42H38Cl3N6O10P/c1-5-41(54,6-2)39(53)46-24-13-18-10-11-26-22(12-18)42-23-15-19(43)14-21(30(23)49-40(42)59-26)20-8-7-9-25-27(20)28(35(45)51(25)16-58-62(55,56)57)32-34(44)50-38(60-32)31-33(42)61-37(48-31)29(17(3)4)47-36(24)52/h7-12,14-15,17,24,29,40,49,54-57H,5-6,13,16H2,1-4H3,(H-,46,47,52,53)/p+1/t24-,29?,40?,42?/m0/s1. The maximum Gasteiger partial charge on any atom is 0.569 e. The topological polar surface area (TPSA) is 227 Å². The summed E-state index contributed by atoms with van der Waals surface area (Å²) in [6, 6.07) is 12.5. The molecule has 0 radical (unpaired) electrons. The third-order valence-electron chi connectivity index (χ3n) is 12.5. The molecule has 10 bridgehead atoms. The van der Waals surface area contributed by atoms with Gasteiger partial charge in [0.05, 0.1) is 11.1 Å². The minimum Gasteiger partial charge on any atom is -0.469 e. The summed E-state index contributed by atoms with van der Waals surface area (Å²) < 4.78 is 26.9. The van der Waals surface area contributed by atoms with Crippen molar-refractivity contribution in [2.24, 2.45) is 5.92 Å². The molecule has 3 aromatic carbocycles. The van der Waals surface area contributed by atoms with Crippen molar-refractivity contribution >= 4 is 71.4 Å². The Morgan fingerprint density at radius 2 is 1.82 bits per heavy atom. The second kappa shape index (κ2) is 14.4. The Balaban J connectivity index is 1.29. The van der Waals surface area contributed by atoms with E-state index in [1.807, 2.05) is 38.1 Å². The molecule has 0 aliphatic carbocycles. The first-order valence-electron chi connectivity index (χ1n) is 19.9. The maximum absolute atomic E-state index is 14.4. The molecule has 1 spiro atoms. The Bertz CT molecular complexity index is 2880. The normalized spacial score (nSPS) is 20.9. The summed E-state index contributed by atoms with van der Waals surface area (Å²) in [7, 11) is -4.71. The van der Waals surface area contributed by atoms with Crippen LogP contribution in [0.25, 0.3) is 44.9 Å². The van der Waals surface area contributed by atoms with Crippen LogP contribution in [0.3, 0.4) is 0 Å². The molecule has 0 saturated carbocycles. The molecule has 4 aliphatic heterocycles. The fraction of sp³-hybridized carbons (Fsp3) is 0.333. The second-order valence-electron chi connectivity index (χ2n) is 16.3. The summed E-state index contributed by atoms with van der Waals surface area (Å²) in [4.78, 5) is 67.2. The molecule has 0 fully saturated rings. The van der Waals surface area contributed by atoms with Crippen molar-refractivity contribution in [3.63, 3.8) is 0 Å². The lowest BCUT2D eigenvalue weighted by Crippen LogP contribution is -2.55. The van der Waals surface area contributed by atoms with Crippen LogP contribution in [0.5, 0.6) is 5.75 Å². The van der Waals surface area contributed by atoms with Crippen molar-refractivity contribution in [1.29, 1.82) is 0 Å². The quantitative estimate of drug-likeness (QED) is 0.0740. The minimum atomic E-state index is -4.71. The highest BCUT2D eigenvalue weighted by Gasteiger charge is 2.62. The van der Waals surface area contributed by atoms with Gasteiger partial charge in [0.2, 0.25) is 11.8 Å². The molecule has 16 nitrogen and oxygen atoms in total. The van der Waals surface area contributed by atoms with Gasteiger partial charge in [0.25, 0.3) is 11.8 Å². The highest BCUT2D eigenvalue weighted by molar-refractivity contribution is 7.53. The fourth-order valence-electron chi connectivity index (χ4n) is 9.26. The minimum absolute atomic E-state index is 0.00678. The number of ether oxygens (including phenoxy) is 1. The number of hydrogen-bond donors (Lipinski definition) is 7. The van der Waals surface area contributed by atoms with Crippen LogP contribution in [0.4, 0.5) is 5.69 Å². The molecule has 322 valence electrons. The lowest BCUT2D eigenvalue weighted by atomic mass is 9.72. The number of rotatable bonds is 8. The Kier molecular flexibility index (Phi) is 9.58. The molecule has 62 heavy (non-hydrogen) atoms. The van der Waals surface area contributed by atoms with E-state index in [1.165, 1.54) is 4.57 Å². The molecule has 4 aliphatic rings. The van der Waals surface area contributed by atoms with Crippen LogP contribution in [0.2, 0.25) is 15.3 Å². The second-order valence-corrected chi connectivity index (χ2v) is 18.7. The van der Waals surface area contributed by atoms with E-state index >= 15 is 0 Å². The first-order chi connectivity index (χ1) is 29.5. The van der Waals surface area contributed by atoms with E-state index in [9.17, 15) is 29.4 Å². The van der Waals surface area contributed by atoms with Crippen molar-refractivity contribution in [2.75, 3.05) is 5.32 Å². The summed E-state index contributed by atoms with van der Waals surface area (Å²) in [6.45, 7) is 6.62. The molecule has 7 N–H and O–H groups in total. The third-order valence-corrected chi connectivity index (χ3v) is 13.8. The van der Waals surface area contributed by atoms with Crippen molar-refractivity contribution in [3.05, 3.63) is 92.2 Å². The number of carbonyl (C=O) groups excluding carboxylic acids is 2. The van der Waals surface area contributed by atoms with Gasteiger partial charge in [-0.05, 0) is 54.2 Å². The number of carbonyl (C=O) groups is 2. The van der Waals surface area contributed by atoms with E-state index in [-0.39, 0.29) is 70.0 Å². The number of aromatic nitrogens is 3. The number of oxazole rings is 2. The number of aliphatic hydroxyl groups is 1. The summed E-state index contributed by atoms with van der Waals surface area (Å²) in [5, 5.41) is 21.5. The molecule has 6 aromatic rings. The Morgan fingerprint density at radius 1 is 1.05 bits per heavy atom. The maximum atomic E-state index is 14.4. The van der Waals surface area contributed by atoms with Crippen LogP contribution in [-0.4, -0.2) is 64.0 Å². The monoisotopic (exact) mass is 923 g/mol. The van der Waals surface area contributed by atoms with Crippen molar-refractivity contribution in [3.8, 4) is 39.8 Å². The molecule has 7 heterocycles. The smallest absolute Gasteiger partial charge is 0.469 e. The van der Waals surface area contributed by atoms with Gasteiger partial charge in [-0.1, -0.05) is 86.8 Å². The van der Waals surface area contributed by atoms with Gasteiger partial charge < -0.3 is 39.2 Å².